The van der Waals surface area contributed by atoms with E-state index in [1.165, 1.54) is 0 Å². The summed E-state index contributed by atoms with van der Waals surface area (Å²) in [5, 5.41) is 8.29. The van der Waals surface area contributed by atoms with Crippen LogP contribution in [0.25, 0.3) is 0 Å². The molecule has 0 amide bonds. The lowest BCUT2D eigenvalue weighted by Gasteiger charge is -2.14. The highest BCUT2D eigenvalue weighted by Gasteiger charge is 2.02. The zero-order chi connectivity index (χ0) is 11.3. The minimum atomic E-state index is -0.440. The average molecular weight is 228 g/mol. The molecule has 0 fully saturated rings. The van der Waals surface area contributed by atoms with Gasteiger partial charge in [-0.15, -0.1) is 0 Å². The third-order valence-electron chi connectivity index (χ3n) is 2.12. The van der Waals surface area contributed by atoms with Gasteiger partial charge in [-0.2, -0.15) is 0 Å². The van der Waals surface area contributed by atoms with E-state index in [2.05, 4.69) is 0 Å². The summed E-state index contributed by atoms with van der Waals surface area (Å²) in [5.74, 6) is 0. The van der Waals surface area contributed by atoms with E-state index < -0.39 is 5.24 Å². The number of likely N-dealkylation sites (N-methyl/N-ethyl adjacent to an activating group) is 1. The number of hydrogen-bond acceptors (Lipinski definition) is 3. The lowest BCUT2D eigenvalue weighted by Crippen LogP contribution is -2.21. The van der Waals surface area contributed by atoms with E-state index in [-0.39, 0.29) is 6.61 Å². The van der Waals surface area contributed by atoms with Gasteiger partial charge in [-0.05, 0) is 36.3 Å². The van der Waals surface area contributed by atoms with Crippen molar-refractivity contribution >= 4 is 16.8 Å². The fourth-order valence-electron chi connectivity index (χ4n) is 1.30. The first kappa shape index (κ1) is 12.2. The molecule has 0 spiro atoms. The van der Waals surface area contributed by atoms with Crippen LogP contribution >= 0.6 is 11.6 Å². The molecule has 0 bridgehead atoms. The Morgan fingerprint density at radius 1 is 1.40 bits per heavy atom. The van der Waals surface area contributed by atoms with Crippen molar-refractivity contribution in [2.24, 2.45) is 0 Å². The molecule has 1 aromatic carbocycles. The first-order valence-electron chi connectivity index (χ1n) is 4.71. The fraction of sp³-hybridized carbons (Fsp3) is 0.364. The molecule has 0 heterocycles. The van der Waals surface area contributed by atoms with Gasteiger partial charge in [-0.3, -0.25) is 9.69 Å². The van der Waals surface area contributed by atoms with Crippen LogP contribution in [0, 0.1) is 0 Å². The molecule has 4 heteroatoms. The summed E-state index contributed by atoms with van der Waals surface area (Å²) in [6.45, 7) is 1.53. The van der Waals surface area contributed by atoms with Crippen LogP contribution in [0.3, 0.4) is 0 Å². The maximum absolute atomic E-state index is 10.8. The molecule has 0 unspecified atom stereocenters. The van der Waals surface area contributed by atoms with Gasteiger partial charge in [-0.1, -0.05) is 12.1 Å². The standard InChI is InChI=1S/C11H14ClNO2/c1-13(6-7-14)8-9-2-4-10(5-3-9)11(12)15/h2-5,14H,6-8H2,1H3. The van der Waals surface area contributed by atoms with Crippen LogP contribution in [0.5, 0.6) is 0 Å². The Bertz CT molecular complexity index is 324. The van der Waals surface area contributed by atoms with E-state index in [1.807, 2.05) is 24.1 Å². The Morgan fingerprint density at radius 3 is 2.47 bits per heavy atom. The summed E-state index contributed by atoms with van der Waals surface area (Å²) in [6, 6.07) is 7.14. The minimum absolute atomic E-state index is 0.148. The lowest BCUT2D eigenvalue weighted by atomic mass is 10.1. The van der Waals surface area contributed by atoms with Gasteiger partial charge >= 0.3 is 0 Å². The van der Waals surface area contributed by atoms with Gasteiger partial charge < -0.3 is 5.11 Å². The van der Waals surface area contributed by atoms with Crippen LogP contribution in [0.2, 0.25) is 0 Å². The minimum Gasteiger partial charge on any atom is -0.395 e. The summed E-state index contributed by atoms with van der Waals surface area (Å²) < 4.78 is 0. The number of carbonyl (C=O) groups is 1. The normalized spacial score (nSPS) is 10.7. The maximum atomic E-state index is 10.8. The van der Waals surface area contributed by atoms with Crippen molar-refractivity contribution in [3.05, 3.63) is 35.4 Å². The molecule has 82 valence electrons. The van der Waals surface area contributed by atoms with Crippen LogP contribution in [0.1, 0.15) is 15.9 Å². The summed E-state index contributed by atoms with van der Waals surface area (Å²) in [6.07, 6.45) is 0. The maximum Gasteiger partial charge on any atom is 0.252 e. The number of halogens is 1. The van der Waals surface area contributed by atoms with Gasteiger partial charge in [0.1, 0.15) is 0 Å². The highest BCUT2D eigenvalue weighted by atomic mass is 35.5. The molecule has 15 heavy (non-hydrogen) atoms. The molecule has 1 N–H and O–H groups in total. The fourth-order valence-corrected chi connectivity index (χ4v) is 1.43. The Morgan fingerprint density at radius 2 is 2.00 bits per heavy atom. The number of hydrogen-bond donors (Lipinski definition) is 1. The van der Waals surface area contributed by atoms with Crippen molar-refractivity contribution in [2.45, 2.75) is 6.54 Å². The Balaban J connectivity index is 2.60. The topological polar surface area (TPSA) is 40.5 Å². The first-order valence-corrected chi connectivity index (χ1v) is 5.09. The Hall–Kier alpha value is -0.900. The van der Waals surface area contributed by atoms with E-state index in [4.69, 9.17) is 16.7 Å². The van der Waals surface area contributed by atoms with Crippen LogP contribution in [-0.2, 0) is 6.54 Å². The highest BCUT2D eigenvalue weighted by Crippen LogP contribution is 2.08. The van der Waals surface area contributed by atoms with Crippen molar-refractivity contribution in [2.75, 3.05) is 20.2 Å². The largest absolute Gasteiger partial charge is 0.395 e. The van der Waals surface area contributed by atoms with Crippen molar-refractivity contribution in [1.29, 1.82) is 0 Å². The number of carbonyl (C=O) groups excluding carboxylic acids is 1. The van der Waals surface area contributed by atoms with Gasteiger partial charge in [0, 0.05) is 18.7 Å². The number of aliphatic hydroxyl groups is 1. The Labute approximate surface area is 94.3 Å². The molecule has 1 rings (SSSR count). The molecule has 1 aromatic rings. The SMILES string of the molecule is CN(CCO)Cc1ccc(C(=O)Cl)cc1. The number of nitrogens with zero attached hydrogens (tertiary/aromatic N) is 1. The van der Waals surface area contributed by atoms with E-state index in [0.717, 1.165) is 12.1 Å². The quantitative estimate of drug-likeness (QED) is 0.775. The molecule has 0 saturated carbocycles. The molecule has 0 aromatic heterocycles. The zero-order valence-corrected chi connectivity index (χ0v) is 9.37. The monoisotopic (exact) mass is 227 g/mol. The summed E-state index contributed by atoms with van der Waals surface area (Å²) in [7, 11) is 1.93. The van der Waals surface area contributed by atoms with Crippen molar-refractivity contribution in [3.8, 4) is 0 Å². The van der Waals surface area contributed by atoms with E-state index >= 15 is 0 Å². The van der Waals surface area contributed by atoms with E-state index in [0.29, 0.717) is 12.1 Å². The molecular weight excluding hydrogens is 214 g/mol. The van der Waals surface area contributed by atoms with Crippen LogP contribution < -0.4 is 0 Å². The summed E-state index contributed by atoms with van der Waals surface area (Å²) in [4.78, 5) is 12.8. The first-order chi connectivity index (χ1) is 7.13. The van der Waals surface area contributed by atoms with E-state index in [1.54, 1.807) is 12.1 Å². The van der Waals surface area contributed by atoms with Gasteiger partial charge in [-0.25, -0.2) is 0 Å². The predicted octanol–water partition coefficient (Wildman–Crippen LogP) is 1.49. The molecule has 0 saturated heterocycles. The molecule has 0 atom stereocenters. The smallest absolute Gasteiger partial charge is 0.252 e. The Kier molecular flexibility index (Phi) is 4.75. The lowest BCUT2D eigenvalue weighted by molar-refractivity contribution is 0.108. The summed E-state index contributed by atoms with van der Waals surface area (Å²) >= 11 is 5.33. The molecule has 0 aliphatic rings. The number of rotatable bonds is 5. The van der Waals surface area contributed by atoms with Gasteiger partial charge in [0.2, 0.25) is 0 Å². The van der Waals surface area contributed by atoms with Crippen molar-refractivity contribution < 1.29 is 9.90 Å². The van der Waals surface area contributed by atoms with Crippen molar-refractivity contribution in [3.63, 3.8) is 0 Å². The highest BCUT2D eigenvalue weighted by molar-refractivity contribution is 6.67. The van der Waals surface area contributed by atoms with Crippen LogP contribution in [-0.4, -0.2) is 35.4 Å². The summed E-state index contributed by atoms with van der Waals surface area (Å²) in [5.41, 5.74) is 1.60. The van der Waals surface area contributed by atoms with Crippen LogP contribution in [0.4, 0.5) is 0 Å². The van der Waals surface area contributed by atoms with E-state index in [9.17, 15) is 4.79 Å². The van der Waals surface area contributed by atoms with Gasteiger partial charge in [0.15, 0.2) is 0 Å². The average Bonchev–Trinajstić information content (AvgIpc) is 2.18. The van der Waals surface area contributed by atoms with Gasteiger partial charge in [0.05, 0.1) is 6.61 Å². The zero-order valence-electron chi connectivity index (χ0n) is 8.61. The predicted molar refractivity (Wildman–Crippen MR) is 60.0 cm³/mol. The molecule has 0 aliphatic heterocycles. The second-order valence-corrected chi connectivity index (χ2v) is 3.78. The third-order valence-corrected chi connectivity index (χ3v) is 2.33. The third kappa shape index (κ3) is 4.00. The molecule has 3 nitrogen and oxygen atoms in total. The molecule has 0 aliphatic carbocycles. The molecule has 0 radical (unpaired) electrons. The number of aliphatic hydroxyl groups excluding tert-OH is 1. The number of benzene rings is 1. The molecular formula is C11H14ClNO2. The van der Waals surface area contributed by atoms with Crippen molar-refractivity contribution in [1.82, 2.24) is 4.90 Å². The second-order valence-electron chi connectivity index (χ2n) is 3.43. The van der Waals surface area contributed by atoms with Crippen LogP contribution in [0.15, 0.2) is 24.3 Å². The second kappa shape index (κ2) is 5.85. The van der Waals surface area contributed by atoms with Gasteiger partial charge in [0.25, 0.3) is 5.24 Å².